The van der Waals surface area contributed by atoms with E-state index in [1.807, 2.05) is 6.92 Å². The highest BCUT2D eigenvalue weighted by Crippen LogP contribution is 2.27. The molecule has 0 spiro atoms. The molecule has 1 fully saturated rings. The van der Waals surface area contributed by atoms with Crippen LogP contribution >= 0.6 is 11.6 Å². The standard InChI is InChI=1S/C14H16ClN5O2/c1-7-9(5-16-6-10(7)15)14(21)18-11-3-4-22-12(11)13-17-8(2)19-20-13/h5-6,11-12H,3-4H2,1-2H3,(H,18,21)(H,17,19,20)/t11-,12+/m0/s1. The maximum Gasteiger partial charge on any atom is 0.253 e. The summed E-state index contributed by atoms with van der Waals surface area (Å²) in [5.74, 6) is 1.05. The number of rotatable bonds is 3. The molecular weight excluding hydrogens is 306 g/mol. The summed E-state index contributed by atoms with van der Waals surface area (Å²) in [7, 11) is 0. The van der Waals surface area contributed by atoms with Crippen molar-refractivity contribution >= 4 is 17.5 Å². The first-order chi connectivity index (χ1) is 10.6. The van der Waals surface area contributed by atoms with Crippen LogP contribution in [-0.4, -0.2) is 38.7 Å². The SMILES string of the molecule is Cc1nc([C@@H]2OCC[C@@H]2NC(=O)c2cncc(Cl)c2C)n[nH]1. The maximum absolute atomic E-state index is 12.4. The Hall–Kier alpha value is -1.99. The lowest BCUT2D eigenvalue weighted by atomic mass is 10.1. The summed E-state index contributed by atoms with van der Waals surface area (Å²) in [5.41, 5.74) is 1.17. The Morgan fingerprint density at radius 3 is 3.00 bits per heavy atom. The van der Waals surface area contributed by atoms with Crippen LogP contribution in [0, 0.1) is 13.8 Å². The number of nitrogens with zero attached hydrogens (tertiary/aromatic N) is 3. The summed E-state index contributed by atoms with van der Waals surface area (Å²) in [6, 6.07) is -0.180. The zero-order valence-corrected chi connectivity index (χ0v) is 13.0. The van der Waals surface area contributed by atoms with Gasteiger partial charge in [-0.05, 0) is 25.8 Å². The van der Waals surface area contributed by atoms with Gasteiger partial charge in [-0.2, -0.15) is 5.10 Å². The van der Waals surface area contributed by atoms with E-state index in [2.05, 4.69) is 25.5 Å². The Bertz CT molecular complexity index is 702. The fourth-order valence-electron chi connectivity index (χ4n) is 2.45. The zero-order chi connectivity index (χ0) is 15.7. The predicted molar refractivity (Wildman–Crippen MR) is 79.7 cm³/mol. The second-order valence-corrected chi connectivity index (χ2v) is 5.64. The number of H-pyrrole nitrogens is 1. The second kappa shape index (κ2) is 6.02. The number of ether oxygens (including phenoxy) is 1. The molecule has 0 saturated carbocycles. The number of carbonyl (C=O) groups is 1. The lowest BCUT2D eigenvalue weighted by Crippen LogP contribution is -2.37. The molecule has 3 heterocycles. The monoisotopic (exact) mass is 321 g/mol. The fourth-order valence-corrected chi connectivity index (χ4v) is 2.61. The van der Waals surface area contributed by atoms with Gasteiger partial charge in [0.2, 0.25) is 0 Å². The van der Waals surface area contributed by atoms with Gasteiger partial charge in [-0.15, -0.1) is 0 Å². The molecule has 1 saturated heterocycles. The van der Waals surface area contributed by atoms with Crippen molar-refractivity contribution < 1.29 is 9.53 Å². The van der Waals surface area contributed by atoms with Gasteiger partial charge < -0.3 is 10.1 Å². The largest absolute Gasteiger partial charge is 0.368 e. The van der Waals surface area contributed by atoms with Gasteiger partial charge in [0.15, 0.2) is 5.82 Å². The third-order valence-electron chi connectivity index (χ3n) is 3.68. The van der Waals surface area contributed by atoms with Crippen molar-refractivity contribution in [2.24, 2.45) is 0 Å². The number of nitrogens with one attached hydrogen (secondary N) is 2. The Morgan fingerprint density at radius 2 is 2.27 bits per heavy atom. The molecule has 8 heteroatoms. The summed E-state index contributed by atoms with van der Waals surface area (Å²) in [4.78, 5) is 20.7. The van der Waals surface area contributed by atoms with Crippen LogP contribution in [0.5, 0.6) is 0 Å². The molecule has 3 rings (SSSR count). The molecule has 2 atom stereocenters. The molecule has 2 N–H and O–H groups in total. The minimum absolute atomic E-state index is 0.180. The first-order valence-corrected chi connectivity index (χ1v) is 7.35. The molecule has 1 aliphatic heterocycles. The maximum atomic E-state index is 12.4. The molecule has 2 aromatic rings. The molecule has 1 aliphatic rings. The summed E-state index contributed by atoms with van der Waals surface area (Å²) in [5, 5.41) is 10.3. The Morgan fingerprint density at radius 1 is 1.45 bits per heavy atom. The van der Waals surface area contributed by atoms with Crippen molar-refractivity contribution in [3.63, 3.8) is 0 Å². The van der Waals surface area contributed by atoms with E-state index in [4.69, 9.17) is 16.3 Å². The summed E-state index contributed by atoms with van der Waals surface area (Å²) in [6.45, 7) is 4.16. The average molecular weight is 322 g/mol. The van der Waals surface area contributed by atoms with Gasteiger partial charge in [-0.3, -0.25) is 14.9 Å². The number of carbonyl (C=O) groups excluding carboxylic acids is 1. The first kappa shape index (κ1) is 14.9. The molecule has 0 aliphatic carbocycles. The second-order valence-electron chi connectivity index (χ2n) is 5.23. The van der Waals surface area contributed by atoms with Crippen LogP contribution in [0.4, 0.5) is 0 Å². The van der Waals surface area contributed by atoms with Gasteiger partial charge in [0, 0.05) is 19.0 Å². The van der Waals surface area contributed by atoms with Crippen molar-refractivity contribution in [3.05, 3.63) is 40.2 Å². The van der Waals surface area contributed by atoms with Crippen LogP contribution in [0.3, 0.4) is 0 Å². The Labute approximate surface area is 132 Å². The molecule has 0 aromatic carbocycles. The Balaban J connectivity index is 1.77. The molecule has 2 aromatic heterocycles. The zero-order valence-electron chi connectivity index (χ0n) is 12.3. The number of amides is 1. The van der Waals surface area contributed by atoms with E-state index in [1.165, 1.54) is 12.4 Å². The topological polar surface area (TPSA) is 92.8 Å². The van der Waals surface area contributed by atoms with Crippen LogP contribution in [0.2, 0.25) is 5.02 Å². The predicted octanol–water partition coefficient (Wildman–Crippen LogP) is 1.73. The lowest BCUT2D eigenvalue weighted by molar-refractivity contribution is 0.0791. The first-order valence-electron chi connectivity index (χ1n) is 6.97. The van der Waals surface area contributed by atoms with Crippen LogP contribution < -0.4 is 5.32 Å². The quantitative estimate of drug-likeness (QED) is 0.898. The highest BCUT2D eigenvalue weighted by Gasteiger charge is 2.34. The van der Waals surface area contributed by atoms with Gasteiger partial charge in [-0.25, -0.2) is 4.98 Å². The molecule has 0 bridgehead atoms. The molecule has 0 radical (unpaired) electrons. The van der Waals surface area contributed by atoms with E-state index in [9.17, 15) is 4.79 Å². The third-order valence-corrected chi connectivity index (χ3v) is 4.06. The van der Waals surface area contributed by atoms with Gasteiger partial charge >= 0.3 is 0 Å². The summed E-state index contributed by atoms with van der Waals surface area (Å²) >= 11 is 6.01. The normalized spacial score (nSPS) is 21.0. The van der Waals surface area contributed by atoms with Crippen molar-refractivity contribution in [2.75, 3.05) is 6.61 Å². The van der Waals surface area contributed by atoms with Gasteiger partial charge in [0.05, 0.1) is 16.6 Å². The molecule has 7 nitrogen and oxygen atoms in total. The molecule has 1 amide bonds. The van der Waals surface area contributed by atoms with Crippen molar-refractivity contribution in [1.82, 2.24) is 25.5 Å². The van der Waals surface area contributed by atoms with E-state index in [1.54, 1.807) is 6.92 Å². The smallest absolute Gasteiger partial charge is 0.253 e. The van der Waals surface area contributed by atoms with Crippen LogP contribution in [0.25, 0.3) is 0 Å². The minimum Gasteiger partial charge on any atom is -0.368 e. The Kier molecular flexibility index (Phi) is 4.08. The summed E-state index contributed by atoms with van der Waals surface area (Å²) in [6.07, 6.45) is 3.39. The number of pyridine rings is 1. The van der Waals surface area contributed by atoms with E-state index < -0.39 is 0 Å². The van der Waals surface area contributed by atoms with E-state index in [0.29, 0.717) is 40.8 Å². The minimum atomic E-state index is -0.346. The third kappa shape index (κ3) is 2.82. The van der Waals surface area contributed by atoms with E-state index in [-0.39, 0.29) is 18.1 Å². The van der Waals surface area contributed by atoms with E-state index >= 15 is 0 Å². The van der Waals surface area contributed by atoms with Crippen molar-refractivity contribution in [1.29, 1.82) is 0 Å². The number of halogens is 1. The lowest BCUT2D eigenvalue weighted by Gasteiger charge is -2.18. The molecule has 22 heavy (non-hydrogen) atoms. The highest BCUT2D eigenvalue weighted by atomic mass is 35.5. The number of aromatic amines is 1. The van der Waals surface area contributed by atoms with Gasteiger partial charge in [0.1, 0.15) is 11.9 Å². The molecule has 116 valence electrons. The summed E-state index contributed by atoms with van der Waals surface area (Å²) < 4.78 is 5.65. The van der Waals surface area contributed by atoms with Crippen LogP contribution in [0.1, 0.15) is 40.1 Å². The van der Waals surface area contributed by atoms with Crippen LogP contribution in [-0.2, 0) is 4.74 Å². The number of aromatic nitrogens is 4. The fraction of sp³-hybridized carbons (Fsp3) is 0.429. The van der Waals surface area contributed by atoms with Crippen LogP contribution in [0.15, 0.2) is 12.4 Å². The number of hydrogen-bond acceptors (Lipinski definition) is 5. The van der Waals surface area contributed by atoms with E-state index in [0.717, 1.165) is 0 Å². The number of aryl methyl sites for hydroxylation is 1. The average Bonchev–Trinajstić information content (AvgIpc) is 3.10. The van der Waals surface area contributed by atoms with Gasteiger partial charge in [-0.1, -0.05) is 11.6 Å². The van der Waals surface area contributed by atoms with Crippen molar-refractivity contribution in [2.45, 2.75) is 32.4 Å². The van der Waals surface area contributed by atoms with Gasteiger partial charge in [0.25, 0.3) is 5.91 Å². The molecular formula is C14H16ClN5O2. The number of hydrogen-bond donors (Lipinski definition) is 2. The molecule has 0 unspecified atom stereocenters. The highest BCUT2D eigenvalue weighted by molar-refractivity contribution is 6.31. The van der Waals surface area contributed by atoms with Crippen molar-refractivity contribution in [3.8, 4) is 0 Å².